The molecule has 0 bridgehead atoms. The lowest BCUT2D eigenvalue weighted by atomic mass is 10.3. The van der Waals surface area contributed by atoms with E-state index in [0.29, 0.717) is 32.2 Å². The van der Waals surface area contributed by atoms with Crippen LogP contribution in [0.5, 0.6) is 5.75 Å². The van der Waals surface area contributed by atoms with Gasteiger partial charge in [-0.2, -0.15) is 13.2 Å². The number of ether oxygens (including phenoxy) is 1. The molecule has 144 valence electrons. The predicted molar refractivity (Wildman–Crippen MR) is 85.1 cm³/mol. The lowest BCUT2D eigenvalue weighted by molar-refractivity contribution is -0.386. The fourth-order valence-corrected chi connectivity index (χ4v) is 2.98. The van der Waals surface area contributed by atoms with Crippen LogP contribution in [0.25, 0.3) is 0 Å². The molecule has 1 fully saturated rings. The largest absolute Gasteiger partial charge is 0.477 e. The first-order valence-corrected chi connectivity index (χ1v) is 8.60. The molecular formula is C14H16F3N3O5S. The van der Waals surface area contributed by atoms with Gasteiger partial charge in [-0.25, -0.2) is 4.21 Å². The Labute approximate surface area is 149 Å². The smallest absolute Gasteiger partial charge is 0.475 e. The zero-order chi connectivity index (χ0) is 19.5. The van der Waals surface area contributed by atoms with Crippen molar-refractivity contribution in [1.82, 2.24) is 9.80 Å². The van der Waals surface area contributed by atoms with Gasteiger partial charge in [-0.3, -0.25) is 14.9 Å². The van der Waals surface area contributed by atoms with Crippen LogP contribution in [-0.4, -0.2) is 70.2 Å². The number of nitrogens with zero attached hydrogens (tertiary/aromatic N) is 3. The summed E-state index contributed by atoms with van der Waals surface area (Å²) in [5.74, 6) is -0.740. The van der Waals surface area contributed by atoms with E-state index in [-0.39, 0.29) is 11.7 Å². The highest BCUT2D eigenvalue weighted by Gasteiger charge is 2.39. The molecule has 2 rings (SSSR count). The number of benzene rings is 1. The Hall–Kier alpha value is -2.21. The average molecular weight is 395 g/mol. The molecule has 0 radical (unpaired) electrons. The number of piperazine rings is 1. The second kappa shape index (κ2) is 7.99. The van der Waals surface area contributed by atoms with Crippen LogP contribution in [0.1, 0.15) is 0 Å². The van der Waals surface area contributed by atoms with Gasteiger partial charge in [0.05, 0.1) is 9.82 Å². The topological polar surface area (TPSA) is 93.0 Å². The molecule has 1 amide bonds. The molecule has 1 heterocycles. The van der Waals surface area contributed by atoms with Crippen molar-refractivity contribution >= 4 is 22.4 Å². The number of carbonyl (C=O) groups excluding carboxylic acids is 1. The summed E-state index contributed by atoms with van der Waals surface area (Å²) in [6, 6.07) is 2.28. The van der Waals surface area contributed by atoms with E-state index >= 15 is 0 Å². The molecule has 8 nitrogen and oxygen atoms in total. The van der Waals surface area contributed by atoms with E-state index in [1.54, 1.807) is 4.90 Å². The Morgan fingerprint density at radius 1 is 1.31 bits per heavy atom. The van der Waals surface area contributed by atoms with Crippen molar-refractivity contribution in [2.24, 2.45) is 0 Å². The number of rotatable bonds is 5. The second-order valence-corrected chi connectivity index (χ2v) is 7.05. The van der Waals surface area contributed by atoms with E-state index in [0.717, 1.165) is 12.1 Å². The quantitative estimate of drug-likeness (QED) is 0.552. The third kappa shape index (κ3) is 4.91. The molecule has 0 N–H and O–H groups in total. The van der Waals surface area contributed by atoms with Crippen molar-refractivity contribution in [2.45, 2.75) is 10.4 Å². The van der Waals surface area contributed by atoms with Crippen LogP contribution in [0, 0.1) is 10.1 Å². The summed E-state index contributed by atoms with van der Waals surface area (Å²) < 4.78 is 53.9. The number of nitro groups is 1. The molecule has 1 aromatic rings. The number of hydrogen-bond acceptors (Lipinski definition) is 6. The Morgan fingerprint density at radius 2 is 1.92 bits per heavy atom. The van der Waals surface area contributed by atoms with Gasteiger partial charge in [0.15, 0.2) is 23.2 Å². The lowest BCUT2D eigenvalue weighted by Gasteiger charge is -2.32. The summed E-state index contributed by atoms with van der Waals surface area (Å²) in [7, 11) is -1.48. The maximum absolute atomic E-state index is 12.5. The van der Waals surface area contributed by atoms with Crippen molar-refractivity contribution in [3.05, 3.63) is 28.3 Å². The highest BCUT2D eigenvalue weighted by molar-refractivity contribution is 7.86. The van der Waals surface area contributed by atoms with Crippen molar-refractivity contribution < 1.29 is 31.8 Å². The average Bonchev–Trinajstić information content (AvgIpc) is 2.58. The van der Waals surface area contributed by atoms with Gasteiger partial charge in [-0.05, 0) is 19.2 Å². The lowest BCUT2D eigenvalue weighted by Crippen LogP contribution is -2.48. The number of nitro benzene ring substituents is 1. The standard InChI is InChI=1S/C14H16F3N3O5S/c1-18-4-6-19(7-5-18)13(21)9-25-12-3-2-10(8-11(12)20(22)23)26(24)14(15,16)17/h2-3,8H,4-7,9H2,1H3/t26-/m0/s1. The molecular weight excluding hydrogens is 379 g/mol. The SMILES string of the molecule is CN1CCN(C(=O)COc2ccc([S@](=O)C(F)(F)F)cc2[N+](=O)[O-])CC1. The van der Waals surface area contributed by atoms with Crippen LogP contribution in [-0.2, 0) is 15.6 Å². The van der Waals surface area contributed by atoms with E-state index in [4.69, 9.17) is 4.74 Å². The fourth-order valence-electron chi connectivity index (χ4n) is 2.30. The molecule has 1 aliphatic heterocycles. The summed E-state index contributed by atoms with van der Waals surface area (Å²) in [6.45, 7) is 1.87. The normalized spacial score (nSPS) is 17.0. The van der Waals surface area contributed by atoms with Crippen LogP contribution in [0.2, 0.25) is 0 Å². The zero-order valence-electron chi connectivity index (χ0n) is 13.7. The number of carbonyl (C=O) groups is 1. The maximum atomic E-state index is 12.5. The first-order valence-electron chi connectivity index (χ1n) is 7.45. The molecule has 1 aromatic carbocycles. The molecule has 1 aliphatic rings. The molecule has 0 aliphatic carbocycles. The van der Waals surface area contributed by atoms with E-state index in [1.807, 2.05) is 11.9 Å². The highest BCUT2D eigenvalue weighted by atomic mass is 32.2. The third-order valence-corrected chi connectivity index (χ3v) is 4.86. The van der Waals surface area contributed by atoms with Crippen LogP contribution in [0.4, 0.5) is 18.9 Å². The summed E-state index contributed by atoms with van der Waals surface area (Å²) in [5.41, 5.74) is -5.82. The van der Waals surface area contributed by atoms with Crippen LogP contribution in [0.3, 0.4) is 0 Å². The third-order valence-electron chi connectivity index (χ3n) is 3.76. The van der Waals surface area contributed by atoms with E-state index < -0.39 is 38.4 Å². The molecule has 0 spiro atoms. The molecule has 12 heteroatoms. The van der Waals surface area contributed by atoms with Gasteiger partial charge < -0.3 is 14.5 Å². The van der Waals surface area contributed by atoms with Gasteiger partial charge in [0, 0.05) is 32.2 Å². The molecule has 26 heavy (non-hydrogen) atoms. The predicted octanol–water partition coefficient (Wildman–Crippen LogP) is 1.37. The molecule has 1 atom stereocenters. The van der Waals surface area contributed by atoms with Gasteiger partial charge >= 0.3 is 11.2 Å². The van der Waals surface area contributed by atoms with Crippen LogP contribution in [0.15, 0.2) is 23.1 Å². The van der Waals surface area contributed by atoms with Gasteiger partial charge in [0.25, 0.3) is 5.91 Å². The second-order valence-electron chi connectivity index (χ2n) is 5.57. The number of hydrogen-bond donors (Lipinski definition) is 0. The highest BCUT2D eigenvalue weighted by Crippen LogP contribution is 2.33. The summed E-state index contributed by atoms with van der Waals surface area (Å²) in [6.07, 6.45) is 0. The Kier molecular flexibility index (Phi) is 6.18. The summed E-state index contributed by atoms with van der Waals surface area (Å²) in [5, 5.41) is 11.1. The zero-order valence-corrected chi connectivity index (χ0v) is 14.5. The van der Waals surface area contributed by atoms with Crippen molar-refractivity contribution in [3.63, 3.8) is 0 Å². The van der Waals surface area contributed by atoms with Crippen LogP contribution >= 0.6 is 0 Å². The number of amides is 1. The molecule has 0 aromatic heterocycles. The van der Waals surface area contributed by atoms with Gasteiger partial charge in [-0.1, -0.05) is 0 Å². The maximum Gasteiger partial charge on any atom is 0.475 e. The molecule has 0 saturated carbocycles. The van der Waals surface area contributed by atoms with Gasteiger partial charge in [0.2, 0.25) is 0 Å². The first-order chi connectivity index (χ1) is 12.1. The molecule has 1 saturated heterocycles. The fraction of sp³-hybridized carbons (Fsp3) is 0.500. The van der Waals surface area contributed by atoms with Gasteiger partial charge in [0.1, 0.15) is 0 Å². The minimum atomic E-state index is -5.03. The first kappa shape index (κ1) is 20.1. The Morgan fingerprint density at radius 3 is 2.46 bits per heavy atom. The minimum absolute atomic E-state index is 0.361. The Bertz CT molecular complexity index is 720. The van der Waals surface area contributed by atoms with E-state index in [1.165, 1.54) is 0 Å². The van der Waals surface area contributed by atoms with Gasteiger partial charge in [-0.15, -0.1) is 0 Å². The molecule has 0 unspecified atom stereocenters. The monoisotopic (exact) mass is 395 g/mol. The van der Waals surface area contributed by atoms with E-state index in [2.05, 4.69) is 0 Å². The number of alkyl halides is 3. The summed E-state index contributed by atoms with van der Waals surface area (Å²) >= 11 is 0. The van der Waals surface area contributed by atoms with Crippen LogP contribution < -0.4 is 4.74 Å². The number of halogens is 3. The van der Waals surface area contributed by atoms with Crippen molar-refractivity contribution in [1.29, 1.82) is 0 Å². The van der Waals surface area contributed by atoms with Crippen molar-refractivity contribution in [2.75, 3.05) is 39.8 Å². The van der Waals surface area contributed by atoms with Crippen molar-refractivity contribution in [3.8, 4) is 5.75 Å². The Balaban J connectivity index is 2.10. The summed E-state index contributed by atoms with van der Waals surface area (Å²) in [4.78, 5) is 25.0. The number of likely N-dealkylation sites (N-methyl/N-ethyl adjacent to an activating group) is 1. The minimum Gasteiger partial charge on any atom is -0.477 e. The van der Waals surface area contributed by atoms with E-state index in [9.17, 15) is 32.3 Å².